The summed E-state index contributed by atoms with van der Waals surface area (Å²) in [6.07, 6.45) is 13.4. The Morgan fingerprint density at radius 3 is 2.00 bits per heavy atom. The quantitative estimate of drug-likeness (QED) is 0.557. The van der Waals surface area contributed by atoms with E-state index in [9.17, 15) is 0 Å². The van der Waals surface area contributed by atoms with Gasteiger partial charge in [-0.15, -0.1) is 0 Å². The van der Waals surface area contributed by atoms with Gasteiger partial charge in [-0.2, -0.15) is 0 Å². The molecule has 0 radical (unpaired) electrons. The van der Waals surface area contributed by atoms with Gasteiger partial charge < -0.3 is 0 Å². The first-order valence-corrected chi connectivity index (χ1v) is 7.06. The van der Waals surface area contributed by atoms with Crippen LogP contribution in [0.3, 0.4) is 0 Å². The molecule has 0 bridgehead atoms. The van der Waals surface area contributed by atoms with Crippen molar-refractivity contribution in [2.24, 2.45) is 16.7 Å². The third kappa shape index (κ3) is 2.10. The molecule has 0 saturated heterocycles. The SMILES string of the molecule is CC1CCCC(C)(C2(C)CCCCC2)C1. The van der Waals surface area contributed by atoms with Crippen LogP contribution in [-0.4, -0.2) is 0 Å². The second kappa shape index (κ2) is 4.11. The van der Waals surface area contributed by atoms with Gasteiger partial charge in [-0.05, 0) is 42.4 Å². The molecule has 0 aromatic carbocycles. The highest BCUT2D eigenvalue weighted by Gasteiger charge is 2.46. The lowest BCUT2D eigenvalue weighted by Crippen LogP contribution is -2.42. The summed E-state index contributed by atoms with van der Waals surface area (Å²) in [7, 11) is 0. The highest BCUT2D eigenvalue weighted by Crippen LogP contribution is 2.57. The second-order valence-corrected chi connectivity index (χ2v) is 6.88. The highest BCUT2D eigenvalue weighted by atomic mass is 14.5. The van der Waals surface area contributed by atoms with Crippen molar-refractivity contribution < 1.29 is 0 Å². The van der Waals surface area contributed by atoms with Crippen LogP contribution in [0.1, 0.15) is 78.6 Å². The molecule has 88 valence electrons. The molecule has 0 spiro atoms. The first-order valence-electron chi connectivity index (χ1n) is 7.06. The summed E-state index contributed by atoms with van der Waals surface area (Å²) >= 11 is 0. The molecule has 2 unspecified atom stereocenters. The molecule has 15 heavy (non-hydrogen) atoms. The van der Waals surface area contributed by atoms with Gasteiger partial charge in [0.2, 0.25) is 0 Å². The largest absolute Gasteiger partial charge is 0.0625 e. The van der Waals surface area contributed by atoms with Crippen LogP contribution >= 0.6 is 0 Å². The van der Waals surface area contributed by atoms with E-state index in [-0.39, 0.29) is 0 Å². The van der Waals surface area contributed by atoms with Crippen LogP contribution in [0.25, 0.3) is 0 Å². The molecule has 2 aliphatic rings. The maximum atomic E-state index is 2.59. The molecule has 2 aliphatic carbocycles. The Hall–Kier alpha value is 0. The minimum absolute atomic E-state index is 0.658. The van der Waals surface area contributed by atoms with E-state index in [0.29, 0.717) is 10.8 Å². The van der Waals surface area contributed by atoms with Gasteiger partial charge in [-0.1, -0.05) is 52.9 Å². The van der Waals surface area contributed by atoms with Crippen molar-refractivity contribution in [2.75, 3.05) is 0 Å². The van der Waals surface area contributed by atoms with E-state index in [2.05, 4.69) is 20.8 Å². The van der Waals surface area contributed by atoms with Gasteiger partial charge in [-0.25, -0.2) is 0 Å². The smallest absolute Gasteiger partial charge is 0.0269 e. The van der Waals surface area contributed by atoms with Crippen LogP contribution in [0.4, 0.5) is 0 Å². The van der Waals surface area contributed by atoms with Gasteiger partial charge in [0, 0.05) is 0 Å². The Kier molecular flexibility index (Phi) is 3.14. The van der Waals surface area contributed by atoms with Crippen LogP contribution in [0.15, 0.2) is 0 Å². The van der Waals surface area contributed by atoms with Crippen molar-refractivity contribution in [1.82, 2.24) is 0 Å². The van der Waals surface area contributed by atoms with E-state index >= 15 is 0 Å². The molecule has 0 aromatic rings. The maximum Gasteiger partial charge on any atom is -0.0269 e. The molecule has 2 fully saturated rings. The zero-order valence-electron chi connectivity index (χ0n) is 10.9. The van der Waals surface area contributed by atoms with Crippen molar-refractivity contribution in [1.29, 1.82) is 0 Å². The van der Waals surface area contributed by atoms with Crippen molar-refractivity contribution in [2.45, 2.75) is 78.6 Å². The average molecular weight is 208 g/mol. The van der Waals surface area contributed by atoms with Gasteiger partial charge >= 0.3 is 0 Å². The minimum Gasteiger partial charge on any atom is -0.0625 e. The fourth-order valence-corrected chi connectivity index (χ4v) is 4.30. The Bertz CT molecular complexity index is 212. The molecular formula is C15H28. The number of rotatable bonds is 1. The predicted molar refractivity (Wildman–Crippen MR) is 66.9 cm³/mol. The van der Waals surface area contributed by atoms with Gasteiger partial charge in [0.15, 0.2) is 0 Å². The fourth-order valence-electron chi connectivity index (χ4n) is 4.30. The van der Waals surface area contributed by atoms with E-state index in [4.69, 9.17) is 0 Å². The van der Waals surface area contributed by atoms with E-state index in [1.54, 1.807) is 0 Å². The topological polar surface area (TPSA) is 0 Å². The molecule has 0 aliphatic heterocycles. The predicted octanol–water partition coefficient (Wildman–Crippen LogP) is 5.17. The summed E-state index contributed by atoms with van der Waals surface area (Å²) in [5.74, 6) is 0.975. The van der Waals surface area contributed by atoms with Crippen molar-refractivity contribution >= 4 is 0 Å². The van der Waals surface area contributed by atoms with E-state index in [1.165, 1.54) is 57.8 Å². The van der Waals surface area contributed by atoms with Gasteiger partial charge in [0.1, 0.15) is 0 Å². The lowest BCUT2D eigenvalue weighted by atomic mass is 9.53. The normalized spacial score (nSPS) is 41.4. The summed E-state index contributed by atoms with van der Waals surface area (Å²) in [6, 6.07) is 0. The lowest BCUT2D eigenvalue weighted by Gasteiger charge is -2.52. The molecular weight excluding hydrogens is 180 g/mol. The van der Waals surface area contributed by atoms with Gasteiger partial charge in [-0.3, -0.25) is 0 Å². The molecule has 0 N–H and O–H groups in total. The van der Waals surface area contributed by atoms with Crippen molar-refractivity contribution in [3.05, 3.63) is 0 Å². The Morgan fingerprint density at radius 1 is 0.800 bits per heavy atom. The lowest BCUT2D eigenvalue weighted by molar-refractivity contribution is -0.0189. The van der Waals surface area contributed by atoms with Gasteiger partial charge in [0.25, 0.3) is 0 Å². The molecule has 2 atom stereocenters. The monoisotopic (exact) mass is 208 g/mol. The summed E-state index contributed by atoms with van der Waals surface area (Å²) in [5, 5.41) is 0. The van der Waals surface area contributed by atoms with Crippen molar-refractivity contribution in [3.63, 3.8) is 0 Å². The van der Waals surface area contributed by atoms with Crippen LogP contribution in [-0.2, 0) is 0 Å². The number of hydrogen-bond donors (Lipinski definition) is 0. The molecule has 0 nitrogen and oxygen atoms in total. The van der Waals surface area contributed by atoms with E-state index in [0.717, 1.165) is 5.92 Å². The summed E-state index contributed by atoms with van der Waals surface area (Å²) < 4.78 is 0. The molecule has 0 heterocycles. The number of hydrogen-bond acceptors (Lipinski definition) is 0. The van der Waals surface area contributed by atoms with E-state index in [1.807, 2.05) is 0 Å². The Morgan fingerprint density at radius 2 is 1.40 bits per heavy atom. The second-order valence-electron chi connectivity index (χ2n) is 6.88. The molecule has 2 rings (SSSR count). The zero-order chi connectivity index (χ0) is 10.9. The zero-order valence-corrected chi connectivity index (χ0v) is 10.9. The summed E-state index contributed by atoms with van der Waals surface area (Å²) in [5.41, 5.74) is 1.32. The summed E-state index contributed by atoms with van der Waals surface area (Å²) in [6.45, 7) is 7.64. The maximum absolute atomic E-state index is 2.59. The third-order valence-electron chi connectivity index (χ3n) is 5.64. The highest BCUT2D eigenvalue weighted by molar-refractivity contribution is 4.96. The Labute approximate surface area is 95.8 Å². The third-order valence-corrected chi connectivity index (χ3v) is 5.64. The molecule has 0 amide bonds. The minimum atomic E-state index is 0.658. The van der Waals surface area contributed by atoms with Gasteiger partial charge in [0.05, 0.1) is 0 Å². The Balaban J connectivity index is 2.11. The fraction of sp³-hybridized carbons (Fsp3) is 1.00. The molecule has 2 saturated carbocycles. The summed E-state index contributed by atoms with van der Waals surface area (Å²) in [4.78, 5) is 0. The standard InChI is InChI=1S/C15H28/c1-13-8-7-11-15(3,12-13)14(2)9-5-4-6-10-14/h13H,4-12H2,1-3H3. The van der Waals surface area contributed by atoms with Crippen LogP contribution in [0, 0.1) is 16.7 Å². The van der Waals surface area contributed by atoms with Crippen LogP contribution < -0.4 is 0 Å². The first-order chi connectivity index (χ1) is 7.06. The molecule has 0 heteroatoms. The molecule has 0 aromatic heterocycles. The van der Waals surface area contributed by atoms with Crippen LogP contribution in [0.5, 0.6) is 0 Å². The van der Waals surface area contributed by atoms with Crippen molar-refractivity contribution in [3.8, 4) is 0 Å². The first kappa shape index (κ1) is 11.5. The van der Waals surface area contributed by atoms with Crippen LogP contribution in [0.2, 0.25) is 0 Å². The average Bonchev–Trinajstić information content (AvgIpc) is 2.18. The van der Waals surface area contributed by atoms with E-state index < -0.39 is 0 Å².